The molecule has 2 heterocycles. The number of amides is 1. The highest BCUT2D eigenvalue weighted by atomic mass is 32.1. The van der Waals surface area contributed by atoms with Gasteiger partial charge in [-0.05, 0) is 38.1 Å². The Morgan fingerprint density at radius 3 is 3.05 bits per heavy atom. The molecule has 1 aromatic rings. The van der Waals surface area contributed by atoms with Gasteiger partial charge in [0.1, 0.15) is 0 Å². The Bertz CT molecular complexity index is 430. The van der Waals surface area contributed by atoms with Crippen LogP contribution in [0.15, 0.2) is 17.5 Å². The molecule has 1 aliphatic rings. The summed E-state index contributed by atoms with van der Waals surface area (Å²) in [5.74, 6) is 0.163. The topological polar surface area (TPSA) is 49.8 Å². The summed E-state index contributed by atoms with van der Waals surface area (Å²) >= 11 is 1.74. The van der Waals surface area contributed by atoms with E-state index >= 15 is 0 Å². The van der Waals surface area contributed by atoms with Crippen molar-refractivity contribution in [1.29, 1.82) is 0 Å². The Morgan fingerprint density at radius 1 is 1.60 bits per heavy atom. The van der Waals surface area contributed by atoms with Gasteiger partial charge in [0, 0.05) is 24.4 Å². The Hall–Kier alpha value is -0.910. The maximum Gasteiger partial charge on any atom is 0.222 e. The normalized spacial score (nSPS) is 21.9. The zero-order chi connectivity index (χ0) is 14.6. The standard InChI is InChI=1S/C15H23NO3S/c1-15(2)11-16(9-12(10-17)19-15)14(18)7-3-5-13-6-4-8-20-13/h4,6,8,12,17H,3,5,7,9-11H2,1-2H3. The van der Waals surface area contributed by atoms with Gasteiger partial charge in [0.2, 0.25) is 5.91 Å². The van der Waals surface area contributed by atoms with Gasteiger partial charge >= 0.3 is 0 Å². The van der Waals surface area contributed by atoms with Crippen molar-refractivity contribution in [2.75, 3.05) is 19.7 Å². The largest absolute Gasteiger partial charge is 0.394 e. The molecule has 112 valence electrons. The Kier molecular flexibility index (Phi) is 5.18. The van der Waals surface area contributed by atoms with E-state index in [4.69, 9.17) is 4.74 Å². The third-order valence-electron chi connectivity index (χ3n) is 3.43. The van der Waals surface area contributed by atoms with Crippen LogP contribution < -0.4 is 0 Å². The average Bonchev–Trinajstić information content (AvgIpc) is 2.89. The van der Waals surface area contributed by atoms with E-state index in [0.29, 0.717) is 19.5 Å². The molecule has 1 unspecified atom stereocenters. The minimum absolute atomic E-state index is 0.0393. The van der Waals surface area contributed by atoms with Gasteiger partial charge in [-0.15, -0.1) is 11.3 Å². The number of hydrogen-bond acceptors (Lipinski definition) is 4. The minimum Gasteiger partial charge on any atom is -0.394 e. The second-order valence-electron chi connectivity index (χ2n) is 5.89. The van der Waals surface area contributed by atoms with Crippen LogP contribution in [0.1, 0.15) is 31.6 Å². The molecule has 4 nitrogen and oxygen atoms in total. The lowest BCUT2D eigenvalue weighted by Crippen LogP contribution is -2.55. The summed E-state index contributed by atoms with van der Waals surface area (Å²) in [6.07, 6.45) is 2.13. The van der Waals surface area contributed by atoms with Crippen LogP contribution in [0.25, 0.3) is 0 Å². The molecule has 1 N–H and O–H groups in total. The summed E-state index contributed by atoms with van der Waals surface area (Å²) in [7, 11) is 0. The Labute approximate surface area is 124 Å². The number of ether oxygens (including phenoxy) is 1. The van der Waals surface area contributed by atoms with Crippen LogP contribution in [0.5, 0.6) is 0 Å². The molecule has 1 fully saturated rings. The first kappa shape index (κ1) is 15.5. The highest BCUT2D eigenvalue weighted by Crippen LogP contribution is 2.22. The molecule has 1 atom stereocenters. The summed E-state index contributed by atoms with van der Waals surface area (Å²) in [6, 6.07) is 4.15. The van der Waals surface area contributed by atoms with E-state index in [2.05, 4.69) is 11.4 Å². The third-order valence-corrected chi connectivity index (χ3v) is 4.37. The van der Waals surface area contributed by atoms with Crippen LogP contribution in [0.3, 0.4) is 0 Å². The summed E-state index contributed by atoms with van der Waals surface area (Å²) in [4.78, 5) is 15.4. The minimum atomic E-state index is -0.380. The SMILES string of the molecule is CC1(C)CN(C(=O)CCCc2cccs2)CC(CO)O1. The lowest BCUT2D eigenvalue weighted by atomic mass is 10.0. The van der Waals surface area contributed by atoms with Crippen molar-refractivity contribution in [3.05, 3.63) is 22.4 Å². The average molecular weight is 297 g/mol. The molecule has 1 aliphatic heterocycles. The maximum absolute atomic E-state index is 12.3. The summed E-state index contributed by atoms with van der Waals surface area (Å²) in [5, 5.41) is 11.3. The monoisotopic (exact) mass is 297 g/mol. The quantitative estimate of drug-likeness (QED) is 0.905. The van der Waals surface area contributed by atoms with Crippen LogP contribution in [-0.2, 0) is 16.0 Å². The summed E-state index contributed by atoms with van der Waals surface area (Å²) in [6.45, 7) is 4.98. The first-order valence-electron chi connectivity index (χ1n) is 7.09. The van der Waals surface area contributed by atoms with E-state index < -0.39 is 0 Å². The molecule has 0 bridgehead atoms. The van der Waals surface area contributed by atoms with Gasteiger partial charge in [-0.1, -0.05) is 6.07 Å². The van der Waals surface area contributed by atoms with Crippen LogP contribution >= 0.6 is 11.3 Å². The number of hydrogen-bond donors (Lipinski definition) is 1. The molecule has 0 radical (unpaired) electrons. The molecule has 0 aromatic carbocycles. The Morgan fingerprint density at radius 2 is 2.40 bits per heavy atom. The summed E-state index contributed by atoms with van der Waals surface area (Å²) in [5.41, 5.74) is -0.380. The fourth-order valence-corrected chi connectivity index (χ4v) is 3.36. The Balaban J connectivity index is 1.81. The predicted octanol–water partition coefficient (Wildman–Crippen LogP) is 2.07. The van der Waals surface area contributed by atoms with Crippen LogP contribution in [0.2, 0.25) is 0 Å². The van der Waals surface area contributed by atoms with E-state index in [0.717, 1.165) is 12.8 Å². The molecular formula is C15H23NO3S. The summed E-state index contributed by atoms with van der Waals surface area (Å²) < 4.78 is 5.72. The van der Waals surface area contributed by atoms with E-state index in [-0.39, 0.29) is 24.2 Å². The molecule has 0 saturated carbocycles. The van der Waals surface area contributed by atoms with Crippen molar-refractivity contribution < 1.29 is 14.6 Å². The number of rotatable bonds is 5. The van der Waals surface area contributed by atoms with Gasteiger partial charge in [0.05, 0.1) is 18.3 Å². The molecule has 2 rings (SSSR count). The number of aryl methyl sites for hydroxylation is 1. The van der Waals surface area contributed by atoms with Crippen molar-refractivity contribution in [1.82, 2.24) is 4.90 Å². The highest BCUT2D eigenvalue weighted by Gasteiger charge is 2.34. The van der Waals surface area contributed by atoms with Crippen LogP contribution in [-0.4, -0.2) is 47.3 Å². The molecule has 20 heavy (non-hydrogen) atoms. The number of aliphatic hydroxyl groups is 1. The van der Waals surface area contributed by atoms with E-state index in [9.17, 15) is 9.90 Å². The van der Waals surface area contributed by atoms with Crippen molar-refractivity contribution in [3.63, 3.8) is 0 Å². The molecule has 5 heteroatoms. The number of nitrogens with zero attached hydrogens (tertiary/aromatic N) is 1. The molecule has 1 aromatic heterocycles. The molecule has 1 saturated heterocycles. The smallest absolute Gasteiger partial charge is 0.222 e. The van der Waals surface area contributed by atoms with Gasteiger partial charge in [0.25, 0.3) is 0 Å². The fraction of sp³-hybridized carbons (Fsp3) is 0.667. The van der Waals surface area contributed by atoms with Crippen LogP contribution in [0.4, 0.5) is 0 Å². The van der Waals surface area contributed by atoms with Crippen LogP contribution in [0, 0.1) is 0 Å². The van der Waals surface area contributed by atoms with E-state index in [1.165, 1.54) is 4.88 Å². The zero-order valence-electron chi connectivity index (χ0n) is 12.2. The number of morpholine rings is 1. The molecule has 1 amide bonds. The number of thiophene rings is 1. The van der Waals surface area contributed by atoms with Gasteiger partial charge in [0.15, 0.2) is 0 Å². The van der Waals surface area contributed by atoms with Crippen molar-refractivity contribution in [3.8, 4) is 0 Å². The highest BCUT2D eigenvalue weighted by molar-refractivity contribution is 7.09. The van der Waals surface area contributed by atoms with Crippen molar-refractivity contribution in [2.45, 2.75) is 44.8 Å². The van der Waals surface area contributed by atoms with Crippen molar-refractivity contribution in [2.24, 2.45) is 0 Å². The maximum atomic E-state index is 12.3. The van der Waals surface area contributed by atoms with Gasteiger partial charge < -0.3 is 14.7 Å². The molecule has 0 spiro atoms. The van der Waals surface area contributed by atoms with E-state index in [1.807, 2.05) is 24.8 Å². The van der Waals surface area contributed by atoms with Gasteiger partial charge in [-0.2, -0.15) is 0 Å². The number of carbonyl (C=O) groups is 1. The number of aliphatic hydroxyl groups excluding tert-OH is 1. The second-order valence-corrected chi connectivity index (χ2v) is 6.92. The number of carbonyl (C=O) groups excluding carboxylic acids is 1. The van der Waals surface area contributed by atoms with Crippen molar-refractivity contribution >= 4 is 17.2 Å². The van der Waals surface area contributed by atoms with Gasteiger partial charge in [-0.25, -0.2) is 0 Å². The second kappa shape index (κ2) is 6.70. The van der Waals surface area contributed by atoms with E-state index in [1.54, 1.807) is 11.3 Å². The third kappa shape index (κ3) is 4.30. The first-order chi connectivity index (χ1) is 9.50. The lowest BCUT2D eigenvalue weighted by molar-refractivity contribution is -0.167. The predicted molar refractivity (Wildman–Crippen MR) is 79.9 cm³/mol. The molecular weight excluding hydrogens is 274 g/mol. The fourth-order valence-electron chi connectivity index (χ4n) is 2.61. The first-order valence-corrected chi connectivity index (χ1v) is 7.97. The molecule has 0 aliphatic carbocycles. The zero-order valence-corrected chi connectivity index (χ0v) is 13.0. The van der Waals surface area contributed by atoms with Gasteiger partial charge in [-0.3, -0.25) is 4.79 Å². The lowest BCUT2D eigenvalue weighted by Gasteiger charge is -2.42.